The Morgan fingerprint density at radius 2 is 2.33 bits per heavy atom. The Morgan fingerprint density at radius 3 is 3.00 bits per heavy atom. The molecule has 2 rings (SSSR count). The Labute approximate surface area is 90.2 Å². The van der Waals surface area contributed by atoms with Crippen molar-refractivity contribution in [3.05, 3.63) is 17.5 Å². The smallest absolute Gasteiger partial charge is 0.0522 e. The molecule has 84 valence electrons. The second-order valence-corrected chi connectivity index (χ2v) is 4.38. The van der Waals surface area contributed by atoms with Gasteiger partial charge in [0.1, 0.15) is 0 Å². The average Bonchev–Trinajstić information content (AvgIpc) is 2.66. The van der Waals surface area contributed by atoms with Gasteiger partial charge >= 0.3 is 0 Å². The number of nitrogens with zero attached hydrogens (tertiary/aromatic N) is 1. The summed E-state index contributed by atoms with van der Waals surface area (Å²) in [5, 5.41) is 7.25. The van der Waals surface area contributed by atoms with E-state index in [9.17, 15) is 0 Å². The van der Waals surface area contributed by atoms with Gasteiger partial charge in [-0.15, -0.1) is 0 Å². The maximum atomic E-state index is 5.82. The van der Waals surface area contributed by atoms with Crippen LogP contribution in [0.2, 0.25) is 0 Å². The van der Waals surface area contributed by atoms with Crippen molar-refractivity contribution >= 4 is 0 Å². The first-order valence-electron chi connectivity index (χ1n) is 5.63. The van der Waals surface area contributed by atoms with Crippen LogP contribution in [0.4, 0.5) is 0 Å². The van der Waals surface area contributed by atoms with E-state index in [0.717, 1.165) is 32.5 Å². The van der Waals surface area contributed by atoms with Crippen molar-refractivity contribution in [2.45, 2.75) is 38.1 Å². The van der Waals surface area contributed by atoms with Crippen LogP contribution in [0.1, 0.15) is 36.9 Å². The number of aromatic amines is 1. The summed E-state index contributed by atoms with van der Waals surface area (Å²) in [7, 11) is 0. The highest BCUT2D eigenvalue weighted by Crippen LogP contribution is 2.27. The molecule has 1 unspecified atom stereocenters. The van der Waals surface area contributed by atoms with E-state index in [4.69, 9.17) is 10.5 Å². The molecule has 0 amide bonds. The highest BCUT2D eigenvalue weighted by atomic mass is 16.5. The molecule has 0 radical (unpaired) electrons. The Kier molecular flexibility index (Phi) is 3.38. The number of hydrogen-bond acceptors (Lipinski definition) is 3. The van der Waals surface area contributed by atoms with Crippen molar-refractivity contribution in [3.63, 3.8) is 0 Å². The molecule has 0 bridgehead atoms. The summed E-state index contributed by atoms with van der Waals surface area (Å²) < 4.78 is 5.36. The van der Waals surface area contributed by atoms with Crippen LogP contribution < -0.4 is 5.73 Å². The van der Waals surface area contributed by atoms with Crippen LogP contribution in [0, 0.1) is 0 Å². The summed E-state index contributed by atoms with van der Waals surface area (Å²) in [6.45, 7) is 3.75. The maximum Gasteiger partial charge on any atom is 0.0522 e. The molecule has 3 N–H and O–H groups in total. The fraction of sp³-hybridized carbons (Fsp3) is 0.727. The zero-order chi connectivity index (χ0) is 10.7. The molecular weight excluding hydrogens is 190 g/mol. The average molecular weight is 209 g/mol. The van der Waals surface area contributed by atoms with E-state index >= 15 is 0 Å². The molecule has 1 saturated heterocycles. The van der Waals surface area contributed by atoms with Gasteiger partial charge in [0.15, 0.2) is 0 Å². The van der Waals surface area contributed by atoms with E-state index in [1.165, 1.54) is 11.3 Å². The summed E-state index contributed by atoms with van der Waals surface area (Å²) in [6.07, 6.45) is 5.00. The van der Waals surface area contributed by atoms with Crippen LogP contribution in [0.5, 0.6) is 0 Å². The summed E-state index contributed by atoms with van der Waals surface area (Å²) in [4.78, 5) is 0. The van der Waals surface area contributed by atoms with Crippen LogP contribution in [0.3, 0.4) is 0 Å². The molecular formula is C11H19N3O. The predicted octanol–water partition coefficient (Wildman–Crippen LogP) is 1.19. The normalized spacial score (nSPS) is 20.4. The van der Waals surface area contributed by atoms with E-state index in [1.54, 1.807) is 0 Å². The predicted molar refractivity (Wildman–Crippen MR) is 58.7 cm³/mol. The van der Waals surface area contributed by atoms with Gasteiger partial charge in [0.05, 0.1) is 6.20 Å². The van der Waals surface area contributed by atoms with Gasteiger partial charge in [-0.2, -0.15) is 5.10 Å². The molecule has 1 aliphatic heterocycles. The topological polar surface area (TPSA) is 63.9 Å². The van der Waals surface area contributed by atoms with Crippen LogP contribution in [-0.2, 0) is 11.2 Å². The van der Waals surface area contributed by atoms with Crippen molar-refractivity contribution in [1.82, 2.24) is 10.2 Å². The molecule has 1 aromatic heterocycles. The third kappa shape index (κ3) is 2.58. The summed E-state index contributed by atoms with van der Waals surface area (Å²) in [5.74, 6) is 0.579. The Hall–Kier alpha value is -0.870. The van der Waals surface area contributed by atoms with Crippen molar-refractivity contribution < 1.29 is 4.74 Å². The number of aromatic nitrogens is 2. The van der Waals surface area contributed by atoms with Crippen molar-refractivity contribution in [1.29, 1.82) is 0 Å². The molecule has 0 aromatic carbocycles. The maximum absolute atomic E-state index is 5.82. The highest BCUT2D eigenvalue weighted by molar-refractivity contribution is 5.21. The van der Waals surface area contributed by atoms with E-state index in [2.05, 4.69) is 10.2 Å². The third-order valence-electron chi connectivity index (χ3n) is 2.92. The van der Waals surface area contributed by atoms with Gasteiger partial charge in [0.25, 0.3) is 0 Å². The number of ether oxygens (including phenoxy) is 1. The molecule has 1 fully saturated rings. The zero-order valence-electron chi connectivity index (χ0n) is 9.20. The van der Waals surface area contributed by atoms with E-state index in [0.29, 0.717) is 5.92 Å². The Balaban J connectivity index is 2.09. The first-order chi connectivity index (χ1) is 7.27. The van der Waals surface area contributed by atoms with Crippen LogP contribution >= 0.6 is 0 Å². The van der Waals surface area contributed by atoms with E-state index in [1.807, 2.05) is 13.1 Å². The number of rotatable bonds is 3. The number of nitrogens with one attached hydrogen (secondary N) is 1. The molecule has 0 spiro atoms. The van der Waals surface area contributed by atoms with Gasteiger partial charge in [-0.25, -0.2) is 0 Å². The largest absolute Gasteiger partial charge is 0.381 e. The summed E-state index contributed by atoms with van der Waals surface area (Å²) in [5.41, 5.74) is 8.36. The minimum absolute atomic E-state index is 0.196. The lowest BCUT2D eigenvalue weighted by atomic mass is 9.92. The van der Waals surface area contributed by atoms with Gasteiger partial charge < -0.3 is 10.5 Å². The van der Waals surface area contributed by atoms with E-state index < -0.39 is 0 Å². The van der Waals surface area contributed by atoms with Gasteiger partial charge in [0.2, 0.25) is 0 Å². The second kappa shape index (κ2) is 4.77. The van der Waals surface area contributed by atoms with Crippen molar-refractivity contribution in [2.24, 2.45) is 5.73 Å². The lowest BCUT2D eigenvalue weighted by Crippen LogP contribution is -2.20. The fourth-order valence-electron chi connectivity index (χ4n) is 2.17. The number of H-pyrrole nitrogens is 1. The van der Waals surface area contributed by atoms with Crippen LogP contribution in [-0.4, -0.2) is 29.5 Å². The monoisotopic (exact) mass is 209 g/mol. The summed E-state index contributed by atoms with van der Waals surface area (Å²) >= 11 is 0. The van der Waals surface area contributed by atoms with Crippen LogP contribution in [0.15, 0.2) is 6.20 Å². The summed E-state index contributed by atoms with van der Waals surface area (Å²) in [6, 6.07) is 0.196. The Bertz CT molecular complexity index is 303. The zero-order valence-corrected chi connectivity index (χ0v) is 9.20. The van der Waals surface area contributed by atoms with Crippen LogP contribution in [0.25, 0.3) is 0 Å². The minimum Gasteiger partial charge on any atom is -0.381 e. The molecule has 0 aliphatic carbocycles. The van der Waals surface area contributed by atoms with E-state index in [-0.39, 0.29) is 6.04 Å². The molecule has 4 nitrogen and oxygen atoms in total. The molecule has 1 aliphatic rings. The minimum atomic E-state index is 0.196. The first-order valence-corrected chi connectivity index (χ1v) is 5.63. The van der Waals surface area contributed by atoms with Gasteiger partial charge in [-0.1, -0.05) is 0 Å². The second-order valence-electron chi connectivity index (χ2n) is 4.38. The lowest BCUT2D eigenvalue weighted by molar-refractivity contribution is 0.0843. The van der Waals surface area contributed by atoms with Crippen molar-refractivity contribution in [2.75, 3.05) is 13.2 Å². The standard InChI is InChI=1S/C11H19N3O/c1-8(12)6-10-7-13-14-11(10)9-2-4-15-5-3-9/h7-9H,2-6,12H2,1H3,(H,13,14). The highest BCUT2D eigenvalue weighted by Gasteiger charge is 2.20. The fourth-order valence-corrected chi connectivity index (χ4v) is 2.17. The Morgan fingerprint density at radius 1 is 1.60 bits per heavy atom. The van der Waals surface area contributed by atoms with Gasteiger partial charge in [-0.3, -0.25) is 5.10 Å². The molecule has 1 atom stereocenters. The van der Waals surface area contributed by atoms with Gasteiger partial charge in [-0.05, 0) is 31.7 Å². The molecule has 1 aromatic rings. The third-order valence-corrected chi connectivity index (χ3v) is 2.92. The SMILES string of the molecule is CC(N)Cc1cn[nH]c1C1CCOCC1. The molecule has 15 heavy (non-hydrogen) atoms. The molecule has 2 heterocycles. The lowest BCUT2D eigenvalue weighted by Gasteiger charge is -2.22. The van der Waals surface area contributed by atoms with Gasteiger partial charge in [0, 0.05) is 30.9 Å². The first kappa shape index (κ1) is 10.6. The quantitative estimate of drug-likeness (QED) is 0.786. The number of nitrogens with two attached hydrogens (primary N) is 1. The van der Waals surface area contributed by atoms with Crippen molar-refractivity contribution in [3.8, 4) is 0 Å². The number of hydrogen-bond donors (Lipinski definition) is 2. The molecule has 4 heteroatoms. The molecule has 0 saturated carbocycles.